The molecule has 0 amide bonds. The maximum atomic E-state index is 6.44. The van der Waals surface area contributed by atoms with Crippen LogP contribution in [0.3, 0.4) is 0 Å². The summed E-state index contributed by atoms with van der Waals surface area (Å²) in [5.74, 6) is 0. The molecule has 1 heterocycles. The van der Waals surface area contributed by atoms with Gasteiger partial charge in [0.05, 0.1) is 5.69 Å². The van der Waals surface area contributed by atoms with E-state index in [2.05, 4.69) is 139 Å². The Morgan fingerprint density at radius 3 is 2.03 bits per heavy atom. The Morgan fingerprint density at radius 2 is 1.19 bits per heavy atom. The van der Waals surface area contributed by atoms with Crippen LogP contribution in [0.25, 0.3) is 55.0 Å². The lowest BCUT2D eigenvalue weighted by molar-refractivity contribution is 0.670. The van der Waals surface area contributed by atoms with Crippen molar-refractivity contribution in [1.82, 2.24) is 0 Å². The molecule has 0 atom stereocenters. The second-order valence-corrected chi connectivity index (χ2v) is 9.06. The number of furan rings is 1. The lowest BCUT2D eigenvalue weighted by atomic mass is 9.97. The molecule has 0 spiro atoms. The Balaban J connectivity index is 1.40. The SMILES string of the molecule is c1ccc(-c2ccc(Nc3cccc4c3oc3ccc5ccccc5c34)c(-c3ccccc3)c2)cc1. The molecule has 0 aliphatic rings. The van der Waals surface area contributed by atoms with E-state index >= 15 is 0 Å². The van der Waals surface area contributed by atoms with Gasteiger partial charge in [-0.1, -0.05) is 109 Å². The van der Waals surface area contributed by atoms with Crippen LogP contribution in [0.4, 0.5) is 11.4 Å². The molecular weight excluding hydrogens is 438 g/mol. The summed E-state index contributed by atoms with van der Waals surface area (Å²) >= 11 is 0. The monoisotopic (exact) mass is 461 g/mol. The largest absolute Gasteiger partial charge is 0.454 e. The molecule has 0 fully saturated rings. The number of anilines is 2. The summed E-state index contributed by atoms with van der Waals surface area (Å²) in [6.45, 7) is 0. The van der Waals surface area contributed by atoms with Gasteiger partial charge in [0.25, 0.3) is 0 Å². The summed E-state index contributed by atoms with van der Waals surface area (Å²) in [4.78, 5) is 0. The molecule has 170 valence electrons. The van der Waals surface area contributed by atoms with Gasteiger partial charge in [0.2, 0.25) is 0 Å². The maximum absolute atomic E-state index is 6.44. The van der Waals surface area contributed by atoms with Gasteiger partial charge in [0.15, 0.2) is 5.58 Å². The fourth-order valence-electron chi connectivity index (χ4n) is 5.13. The highest BCUT2D eigenvalue weighted by Crippen LogP contribution is 2.40. The van der Waals surface area contributed by atoms with E-state index in [-0.39, 0.29) is 0 Å². The van der Waals surface area contributed by atoms with Crippen LogP contribution in [-0.4, -0.2) is 0 Å². The Bertz CT molecular complexity index is 1850. The number of benzene rings is 6. The molecule has 1 aromatic heterocycles. The molecule has 2 nitrogen and oxygen atoms in total. The zero-order chi connectivity index (χ0) is 23.9. The smallest absolute Gasteiger partial charge is 0.158 e. The van der Waals surface area contributed by atoms with Crippen molar-refractivity contribution in [1.29, 1.82) is 0 Å². The van der Waals surface area contributed by atoms with Crippen LogP contribution in [0.1, 0.15) is 0 Å². The first-order valence-corrected chi connectivity index (χ1v) is 12.2. The minimum atomic E-state index is 0.870. The first kappa shape index (κ1) is 20.5. The average molecular weight is 462 g/mol. The number of rotatable bonds is 4. The molecule has 6 aromatic carbocycles. The first-order valence-electron chi connectivity index (χ1n) is 12.2. The summed E-state index contributed by atoms with van der Waals surface area (Å²) in [6.07, 6.45) is 0. The van der Waals surface area contributed by atoms with Crippen LogP contribution in [-0.2, 0) is 0 Å². The topological polar surface area (TPSA) is 25.2 Å². The van der Waals surface area contributed by atoms with Crippen molar-refractivity contribution < 1.29 is 4.42 Å². The summed E-state index contributed by atoms with van der Waals surface area (Å²) in [5, 5.41) is 8.42. The highest BCUT2D eigenvalue weighted by molar-refractivity contribution is 6.20. The van der Waals surface area contributed by atoms with Gasteiger partial charge < -0.3 is 9.73 Å². The van der Waals surface area contributed by atoms with Crippen molar-refractivity contribution >= 4 is 44.1 Å². The highest BCUT2D eigenvalue weighted by atomic mass is 16.3. The molecule has 7 aromatic rings. The molecule has 36 heavy (non-hydrogen) atoms. The summed E-state index contributed by atoms with van der Waals surface area (Å²) < 4.78 is 6.44. The van der Waals surface area contributed by atoms with Gasteiger partial charge in [-0.05, 0) is 51.7 Å². The Morgan fingerprint density at radius 1 is 0.472 bits per heavy atom. The molecule has 7 rings (SSSR count). The predicted molar refractivity (Wildman–Crippen MR) is 152 cm³/mol. The number of para-hydroxylation sites is 1. The molecule has 0 saturated heterocycles. The Hall–Kier alpha value is -4.82. The van der Waals surface area contributed by atoms with Crippen molar-refractivity contribution in [3.63, 3.8) is 0 Å². The van der Waals surface area contributed by atoms with Gasteiger partial charge in [-0.15, -0.1) is 0 Å². The molecule has 0 aliphatic carbocycles. The van der Waals surface area contributed by atoms with E-state index in [9.17, 15) is 0 Å². The molecular formula is C34H23NO. The maximum Gasteiger partial charge on any atom is 0.158 e. The van der Waals surface area contributed by atoms with Gasteiger partial charge in [-0.3, -0.25) is 0 Å². The van der Waals surface area contributed by atoms with Crippen molar-refractivity contribution in [3.8, 4) is 22.3 Å². The fraction of sp³-hybridized carbons (Fsp3) is 0. The minimum absolute atomic E-state index is 0.870. The van der Waals surface area contributed by atoms with Crippen molar-refractivity contribution in [2.45, 2.75) is 0 Å². The normalized spacial score (nSPS) is 11.3. The second kappa shape index (κ2) is 8.44. The number of nitrogens with one attached hydrogen (secondary N) is 1. The van der Waals surface area contributed by atoms with E-state index in [0.29, 0.717) is 0 Å². The average Bonchev–Trinajstić information content (AvgIpc) is 3.35. The number of hydrogen-bond acceptors (Lipinski definition) is 2. The van der Waals surface area contributed by atoms with Gasteiger partial charge >= 0.3 is 0 Å². The molecule has 0 bridgehead atoms. The predicted octanol–water partition coefficient (Wildman–Crippen LogP) is 9.82. The van der Waals surface area contributed by atoms with E-state index in [1.54, 1.807) is 0 Å². The van der Waals surface area contributed by atoms with Gasteiger partial charge in [0.1, 0.15) is 5.58 Å². The summed E-state index contributed by atoms with van der Waals surface area (Å²) in [7, 11) is 0. The van der Waals surface area contributed by atoms with Gasteiger partial charge in [0, 0.05) is 22.0 Å². The third-order valence-electron chi connectivity index (χ3n) is 6.87. The van der Waals surface area contributed by atoms with Gasteiger partial charge in [-0.2, -0.15) is 0 Å². The molecule has 0 saturated carbocycles. The molecule has 0 aliphatic heterocycles. The molecule has 0 radical (unpaired) electrons. The zero-order valence-electron chi connectivity index (χ0n) is 19.6. The third-order valence-corrected chi connectivity index (χ3v) is 6.87. The van der Waals surface area contributed by atoms with Crippen LogP contribution < -0.4 is 5.32 Å². The minimum Gasteiger partial charge on any atom is -0.454 e. The lowest BCUT2D eigenvalue weighted by Gasteiger charge is -2.15. The van der Waals surface area contributed by atoms with Crippen LogP contribution >= 0.6 is 0 Å². The Labute approximate surface area is 209 Å². The summed E-state index contributed by atoms with van der Waals surface area (Å²) in [5.41, 5.74) is 8.48. The van der Waals surface area contributed by atoms with Gasteiger partial charge in [-0.25, -0.2) is 0 Å². The quantitative estimate of drug-likeness (QED) is 0.282. The van der Waals surface area contributed by atoms with E-state index in [1.807, 2.05) is 0 Å². The standard InChI is InChI=1S/C34H23NO/c1-3-10-23(11-4-1)26-18-20-30(29(22-26)24-12-5-2-6-13-24)35-31-17-9-16-28-33-27-15-8-7-14-25(27)19-21-32(33)36-34(28)31/h1-22,35H. The molecule has 2 heteroatoms. The van der Waals surface area contributed by atoms with Crippen molar-refractivity contribution in [3.05, 3.63) is 133 Å². The molecule has 1 N–H and O–H groups in total. The van der Waals surface area contributed by atoms with Crippen LogP contribution in [0, 0.1) is 0 Å². The number of hydrogen-bond donors (Lipinski definition) is 1. The third kappa shape index (κ3) is 3.43. The van der Waals surface area contributed by atoms with Crippen LogP contribution in [0.15, 0.2) is 138 Å². The Kier molecular flexibility index (Phi) is 4.82. The second-order valence-electron chi connectivity index (χ2n) is 9.06. The summed E-state index contributed by atoms with van der Waals surface area (Å²) in [6, 6.07) is 46.7. The van der Waals surface area contributed by atoms with E-state index in [0.717, 1.165) is 38.9 Å². The highest BCUT2D eigenvalue weighted by Gasteiger charge is 2.15. The number of fused-ring (bicyclic) bond motifs is 5. The van der Waals surface area contributed by atoms with Crippen LogP contribution in [0.5, 0.6) is 0 Å². The van der Waals surface area contributed by atoms with Crippen LogP contribution in [0.2, 0.25) is 0 Å². The first-order chi connectivity index (χ1) is 17.8. The van der Waals surface area contributed by atoms with E-state index in [4.69, 9.17) is 4.42 Å². The van der Waals surface area contributed by atoms with Crippen molar-refractivity contribution in [2.24, 2.45) is 0 Å². The molecule has 0 unspecified atom stereocenters. The van der Waals surface area contributed by atoms with Crippen molar-refractivity contribution in [2.75, 3.05) is 5.32 Å². The fourth-order valence-corrected chi connectivity index (χ4v) is 5.13. The zero-order valence-corrected chi connectivity index (χ0v) is 19.6. The van der Waals surface area contributed by atoms with E-state index < -0.39 is 0 Å². The van der Waals surface area contributed by atoms with E-state index in [1.165, 1.54) is 27.5 Å². The lowest BCUT2D eigenvalue weighted by Crippen LogP contribution is -1.94.